The first-order chi connectivity index (χ1) is 11.1. The summed E-state index contributed by atoms with van der Waals surface area (Å²) in [6.07, 6.45) is 0. The summed E-state index contributed by atoms with van der Waals surface area (Å²) in [6, 6.07) is 17.4. The number of benzene rings is 2. The molecule has 1 heterocycles. The smallest absolute Gasteiger partial charge is 0.231 e. The van der Waals surface area contributed by atoms with Crippen molar-refractivity contribution >= 4 is 23.2 Å². The Morgan fingerprint density at radius 2 is 1.52 bits per heavy atom. The Labute approximate surface area is 138 Å². The van der Waals surface area contributed by atoms with Crippen molar-refractivity contribution in [2.24, 2.45) is 0 Å². The minimum absolute atomic E-state index is 0.161. The van der Waals surface area contributed by atoms with Crippen LogP contribution in [0.4, 0.5) is 11.6 Å². The molecule has 0 aliphatic rings. The molecule has 5 nitrogen and oxygen atoms in total. The van der Waals surface area contributed by atoms with Crippen molar-refractivity contribution in [2.45, 2.75) is 6.92 Å². The van der Waals surface area contributed by atoms with Crippen molar-refractivity contribution in [1.29, 1.82) is 5.26 Å². The van der Waals surface area contributed by atoms with Gasteiger partial charge in [0.2, 0.25) is 11.2 Å². The van der Waals surface area contributed by atoms with Gasteiger partial charge < -0.3 is 5.32 Å². The van der Waals surface area contributed by atoms with Crippen LogP contribution in [0, 0.1) is 18.3 Å². The van der Waals surface area contributed by atoms with Gasteiger partial charge in [-0.3, -0.25) is 0 Å². The molecule has 0 radical (unpaired) electrons. The summed E-state index contributed by atoms with van der Waals surface area (Å²) in [5, 5.41) is 12.1. The van der Waals surface area contributed by atoms with E-state index in [0.29, 0.717) is 17.3 Å². The average molecular weight is 322 g/mol. The predicted molar refractivity (Wildman–Crippen MR) is 89.4 cm³/mol. The van der Waals surface area contributed by atoms with Gasteiger partial charge in [0.05, 0.1) is 11.6 Å². The highest BCUT2D eigenvalue weighted by molar-refractivity contribution is 6.28. The number of aromatic nitrogens is 3. The number of halogens is 1. The van der Waals surface area contributed by atoms with Gasteiger partial charge in [-0.2, -0.15) is 15.2 Å². The molecule has 0 fully saturated rings. The molecule has 0 aliphatic heterocycles. The first-order valence-electron chi connectivity index (χ1n) is 6.90. The quantitative estimate of drug-likeness (QED) is 0.785. The maximum atomic E-state index is 8.83. The van der Waals surface area contributed by atoms with E-state index in [-0.39, 0.29) is 5.28 Å². The highest BCUT2D eigenvalue weighted by Gasteiger charge is 2.03. The summed E-state index contributed by atoms with van der Waals surface area (Å²) in [5.74, 6) is 0.968. The molecular formula is C17H12ClN5. The maximum absolute atomic E-state index is 8.83. The van der Waals surface area contributed by atoms with E-state index in [0.717, 1.165) is 16.8 Å². The first-order valence-corrected chi connectivity index (χ1v) is 7.27. The van der Waals surface area contributed by atoms with Crippen LogP contribution < -0.4 is 5.32 Å². The van der Waals surface area contributed by atoms with E-state index in [2.05, 4.69) is 26.3 Å². The fourth-order valence-corrected chi connectivity index (χ4v) is 2.32. The number of hydrogen-bond acceptors (Lipinski definition) is 5. The highest BCUT2D eigenvalue weighted by atomic mass is 35.5. The van der Waals surface area contributed by atoms with Crippen LogP contribution >= 0.6 is 11.6 Å². The molecule has 3 rings (SSSR count). The fraction of sp³-hybridized carbons (Fsp3) is 0.0588. The van der Waals surface area contributed by atoms with E-state index in [1.54, 1.807) is 19.1 Å². The third kappa shape index (κ3) is 3.62. The highest BCUT2D eigenvalue weighted by Crippen LogP contribution is 2.23. The SMILES string of the molecule is Cc1nc(Cl)nc(Nc2ccc(-c3ccc(C#N)cc3)cc2)n1. The Balaban J connectivity index is 1.80. The molecule has 0 atom stereocenters. The summed E-state index contributed by atoms with van der Waals surface area (Å²) in [6.45, 7) is 1.76. The van der Waals surface area contributed by atoms with Gasteiger partial charge in [0, 0.05) is 5.69 Å². The van der Waals surface area contributed by atoms with Crippen molar-refractivity contribution in [2.75, 3.05) is 5.32 Å². The van der Waals surface area contributed by atoms with Crippen LogP contribution in [0.2, 0.25) is 5.28 Å². The predicted octanol–water partition coefficient (Wildman–Crippen LogP) is 4.12. The average Bonchev–Trinajstić information content (AvgIpc) is 2.55. The molecule has 23 heavy (non-hydrogen) atoms. The van der Waals surface area contributed by atoms with Crippen molar-refractivity contribution < 1.29 is 0 Å². The van der Waals surface area contributed by atoms with Crippen LogP contribution in [0.5, 0.6) is 0 Å². The lowest BCUT2D eigenvalue weighted by molar-refractivity contribution is 0.983. The van der Waals surface area contributed by atoms with Gasteiger partial charge in [-0.25, -0.2) is 4.98 Å². The zero-order chi connectivity index (χ0) is 16.2. The van der Waals surface area contributed by atoms with E-state index in [1.807, 2.05) is 36.4 Å². The van der Waals surface area contributed by atoms with Gasteiger partial charge in [0.25, 0.3) is 0 Å². The van der Waals surface area contributed by atoms with Crippen LogP contribution in [-0.4, -0.2) is 15.0 Å². The molecule has 0 bridgehead atoms. The zero-order valence-electron chi connectivity index (χ0n) is 12.3. The van der Waals surface area contributed by atoms with Crippen LogP contribution in [0.25, 0.3) is 11.1 Å². The summed E-state index contributed by atoms with van der Waals surface area (Å²) in [4.78, 5) is 12.1. The Bertz CT molecular complexity index is 847. The van der Waals surface area contributed by atoms with Gasteiger partial charge in [-0.1, -0.05) is 24.3 Å². The third-order valence-corrected chi connectivity index (χ3v) is 3.38. The van der Waals surface area contributed by atoms with E-state index in [1.165, 1.54) is 0 Å². The van der Waals surface area contributed by atoms with Gasteiger partial charge >= 0.3 is 0 Å². The molecule has 0 saturated carbocycles. The number of anilines is 2. The van der Waals surface area contributed by atoms with Crippen molar-refractivity contribution in [3.63, 3.8) is 0 Å². The number of aryl methyl sites for hydroxylation is 1. The van der Waals surface area contributed by atoms with E-state index in [9.17, 15) is 0 Å². The Hall–Kier alpha value is -2.97. The monoisotopic (exact) mass is 321 g/mol. The van der Waals surface area contributed by atoms with Gasteiger partial charge in [0.15, 0.2) is 0 Å². The fourth-order valence-electron chi connectivity index (χ4n) is 2.12. The minimum atomic E-state index is 0.161. The second-order valence-corrected chi connectivity index (χ2v) is 5.20. The number of rotatable bonds is 3. The molecule has 0 amide bonds. The largest absolute Gasteiger partial charge is 0.324 e. The molecule has 2 aromatic carbocycles. The van der Waals surface area contributed by atoms with Gasteiger partial charge in [-0.05, 0) is 53.9 Å². The molecule has 112 valence electrons. The van der Waals surface area contributed by atoms with Crippen molar-refractivity contribution in [1.82, 2.24) is 15.0 Å². The number of nitrogens with zero attached hydrogens (tertiary/aromatic N) is 4. The zero-order valence-corrected chi connectivity index (χ0v) is 13.0. The van der Waals surface area contributed by atoms with E-state index < -0.39 is 0 Å². The summed E-state index contributed by atoms with van der Waals surface area (Å²) in [5.41, 5.74) is 3.61. The van der Waals surface area contributed by atoms with Gasteiger partial charge in [-0.15, -0.1) is 0 Å². The lowest BCUT2D eigenvalue weighted by Crippen LogP contribution is -2.00. The molecule has 0 unspecified atom stereocenters. The standard InChI is InChI=1S/C17H12ClN5/c1-11-20-16(18)23-17(21-11)22-15-8-6-14(7-9-15)13-4-2-12(10-19)3-5-13/h2-9H,1H3,(H,20,21,22,23). The van der Waals surface area contributed by atoms with Crippen molar-refractivity contribution in [3.8, 4) is 17.2 Å². The second-order valence-electron chi connectivity index (χ2n) is 4.87. The Morgan fingerprint density at radius 1 is 0.913 bits per heavy atom. The summed E-state index contributed by atoms with van der Waals surface area (Å²) in [7, 11) is 0. The van der Waals surface area contributed by atoms with Crippen LogP contribution in [0.1, 0.15) is 11.4 Å². The Kier molecular flexibility index (Phi) is 4.18. The molecular weight excluding hydrogens is 310 g/mol. The molecule has 0 aliphatic carbocycles. The molecule has 6 heteroatoms. The van der Waals surface area contributed by atoms with Crippen LogP contribution in [-0.2, 0) is 0 Å². The molecule has 1 aromatic heterocycles. The van der Waals surface area contributed by atoms with Crippen LogP contribution in [0.15, 0.2) is 48.5 Å². The minimum Gasteiger partial charge on any atom is -0.324 e. The molecule has 0 saturated heterocycles. The molecule has 0 spiro atoms. The summed E-state index contributed by atoms with van der Waals surface area (Å²) < 4.78 is 0. The van der Waals surface area contributed by atoms with Gasteiger partial charge in [0.1, 0.15) is 5.82 Å². The summed E-state index contributed by atoms with van der Waals surface area (Å²) >= 11 is 5.82. The lowest BCUT2D eigenvalue weighted by Gasteiger charge is -2.07. The third-order valence-electron chi connectivity index (χ3n) is 3.21. The first kappa shape index (κ1) is 14.9. The van der Waals surface area contributed by atoms with Crippen LogP contribution in [0.3, 0.4) is 0 Å². The maximum Gasteiger partial charge on any atom is 0.231 e. The van der Waals surface area contributed by atoms with E-state index >= 15 is 0 Å². The number of nitrogens with one attached hydrogen (secondary N) is 1. The normalized spacial score (nSPS) is 10.1. The Morgan fingerprint density at radius 3 is 2.09 bits per heavy atom. The number of hydrogen-bond donors (Lipinski definition) is 1. The van der Waals surface area contributed by atoms with E-state index in [4.69, 9.17) is 16.9 Å². The van der Waals surface area contributed by atoms with Crippen molar-refractivity contribution in [3.05, 3.63) is 65.2 Å². The number of nitriles is 1. The topological polar surface area (TPSA) is 74.5 Å². The molecule has 3 aromatic rings. The molecule has 1 N–H and O–H groups in total. The second kappa shape index (κ2) is 6.42. The lowest BCUT2D eigenvalue weighted by atomic mass is 10.0.